The summed E-state index contributed by atoms with van der Waals surface area (Å²) in [7, 11) is 0. The average Bonchev–Trinajstić information content (AvgIpc) is 4.49. The van der Waals surface area contributed by atoms with E-state index in [9.17, 15) is 24.0 Å². The Morgan fingerprint density at radius 1 is 0.517 bits per heavy atom. The Kier molecular flexibility index (Phi) is 18.5. The summed E-state index contributed by atoms with van der Waals surface area (Å²) in [5, 5.41) is 29.7. The number of hydrogen-bond donors (Lipinski definition) is 2. The first-order valence-electron chi connectivity index (χ1n) is 29.6. The van der Waals surface area contributed by atoms with E-state index in [1.54, 1.807) is 45.0 Å². The van der Waals surface area contributed by atoms with Gasteiger partial charge in [-0.25, -0.2) is 14.2 Å². The molecule has 0 spiro atoms. The highest BCUT2D eigenvalue weighted by atomic mass is 35.5. The molecule has 21 heteroatoms. The number of hydrogen-bond acceptors (Lipinski definition) is 12. The Labute approximate surface area is 515 Å². The summed E-state index contributed by atoms with van der Waals surface area (Å²) in [5.74, 6) is -0.199. The lowest BCUT2D eigenvalue weighted by molar-refractivity contribution is -0.152. The van der Waals surface area contributed by atoms with Crippen LogP contribution in [0, 0.1) is 5.92 Å². The van der Waals surface area contributed by atoms with Crippen LogP contribution in [0.15, 0.2) is 158 Å². The van der Waals surface area contributed by atoms with Gasteiger partial charge in [0, 0.05) is 48.7 Å². The van der Waals surface area contributed by atoms with Crippen LogP contribution in [-0.4, -0.2) is 128 Å². The van der Waals surface area contributed by atoms with Crippen molar-refractivity contribution in [2.45, 2.75) is 121 Å². The predicted molar refractivity (Wildman–Crippen MR) is 329 cm³/mol. The second-order valence-corrected chi connectivity index (χ2v) is 24.5. The van der Waals surface area contributed by atoms with Crippen LogP contribution in [0.2, 0.25) is 10.0 Å². The lowest BCUT2D eigenvalue weighted by Crippen LogP contribution is -2.64. The number of piperidine rings is 1. The van der Waals surface area contributed by atoms with Crippen LogP contribution >= 0.6 is 23.2 Å². The molecular weight excluding hydrogens is 1140 g/mol. The highest BCUT2D eigenvalue weighted by Gasteiger charge is 2.46. The quantitative estimate of drug-likeness (QED) is 0.104. The van der Waals surface area contributed by atoms with E-state index in [1.807, 2.05) is 51.1 Å². The zero-order chi connectivity index (χ0) is 60.6. The van der Waals surface area contributed by atoms with Gasteiger partial charge in [0.1, 0.15) is 36.4 Å². The Morgan fingerprint density at radius 3 is 1.43 bits per heavy atom. The third-order valence-electron chi connectivity index (χ3n) is 16.9. The van der Waals surface area contributed by atoms with Gasteiger partial charge in [-0.15, -0.1) is 10.2 Å². The molecule has 2 aromatic heterocycles. The molecule has 3 saturated heterocycles. The molecule has 0 bridgehead atoms. The molecule has 19 nitrogen and oxygen atoms in total. The molecule has 12 rings (SSSR count). The number of carbonyl (C=O) groups is 5. The van der Waals surface area contributed by atoms with Gasteiger partial charge in [0.25, 0.3) is 0 Å². The van der Waals surface area contributed by atoms with Crippen LogP contribution in [0.4, 0.5) is 4.79 Å². The number of aromatic nitrogens is 8. The molecule has 3 aliphatic heterocycles. The summed E-state index contributed by atoms with van der Waals surface area (Å²) in [6.45, 7) is 7.28. The van der Waals surface area contributed by atoms with E-state index in [0.717, 1.165) is 59.2 Å². The molecule has 0 radical (unpaired) electrons. The van der Waals surface area contributed by atoms with Crippen molar-refractivity contribution >= 4 is 52.9 Å². The summed E-state index contributed by atoms with van der Waals surface area (Å²) in [5.41, 5.74) is 9.27. The minimum atomic E-state index is -0.757. The van der Waals surface area contributed by atoms with Crippen molar-refractivity contribution in [1.82, 2.24) is 65.7 Å². The van der Waals surface area contributed by atoms with Crippen molar-refractivity contribution in [2.24, 2.45) is 5.92 Å². The summed E-state index contributed by atoms with van der Waals surface area (Å²) in [6.07, 6.45) is 8.57. The highest BCUT2D eigenvalue weighted by Crippen LogP contribution is 2.40. The SMILES string of the molecule is CC(C)(C)OC(=O)N1CC[C@H](c2ccc(-c3ccccc3)cc2)C[C@@H]1C(=O)N1CC[C@H]1C(=O)NCc1cc(Cl)ccc1-n1cnnn1.O=C(NCc1cc(Cl)ccc1-n1cnnn1)[C@@H]1CCN1C(=O)[C@@H]1CCC[C@H](c2ccc(-c3ccccc3)cc2)C1. The molecule has 5 heterocycles. The summed E-state index contributed by atoms with van der Waals surface area (Å²) >= 11 is 12.5. The molecule has 6 aromatic carbocycles. The van der Waals surface area contributed by atoms with Gasteiger partial charge >= 0.3 is 6.09 Å². The maximum atomic E-state index is 14.2. The van der Waals surface area contributed by atoms with E-state index >= 15 is 0 Å². The van der Waals surface area contributed by atoms with E-state index in [2.05, 4.69) is 127 Å². The Balaban J connectivity index is 0.000000182. The fourth-order valence-corrected chi connectivity index (χ4v) is 12.6. The molecule has 4 aliphatic rings. The number of amides is 5. The van der Waals surface area contributed by atoms with Gasteiger partial charge in [0.2, 0.25) is 23.6 Å². The van der Waals surface area contributed by atoms with Gasteiger partial charge < -0.3 is 25.2 Å². The second-order valence-electron chi connectivity index (χ2n) is 23.6. The van der Waals surface area contributed by atoms with E-state index in [4.69, 9.17) is 27.9 Å². The summed E-state index contributed by atoms with van der Waals surface area (Å²) in [4.78, 5) is 72.5. The fraction of sp³-hybridized carbons (Fsp3) is 0.348. The maximum absolute atomic E-state index is 14.2. The molecule has 5 amide bonds. The maximum Gasteiger partial charge on any atom is 0.410 e. The topological polar surface area (TPSA) is 216 Å². The molecular formula is C66H69Cl2N13O6. The van der Waals surface area contributed by atoms with Crippen LogP contribution < -0.4 is 10.6 Å². The minimum Gasteiger partial charge on any atom is -0.444 e. The van der Waals surface area contributed by atoms with E-state index in [0.29, 0.717) is 67.0 Å². The predicted octanol–water partition coefficient (Wildman–Crippen LogP) is 10.6. The third-order valence-corrected chi connectivity index (χ3v) is 17.4. The van der Waals surface area contributed by atoms with E-state index < -0.39 is 29.8 Å². The molecule has 0 unspecified atom stereocenters. The van der Waals surface area contributed by atoms with Crippen molar-refractivity contribution < 1.29 is 28.7 Å². The summed E-state index contributed by atoms with van der Waals surface area (Å²) < 4.78 is 8.75. The molecule has 8 aromatic rings. The first-order chi connectivity index (χ1) is 42.1. The molecule has 6 atom stereocenters. The van der Waals surface area contributed by atoms with Crippen molar-refractivity contribution in [2.75, 3.05) is 19.6 Å². The van der Waals surface area contributed by atoms with Crippen LogP contribution in [0.3, 0.4) is 0 Å². The normalized spacial score (nSPS) is 20.0. The number of halogens is 2. The van der Waals surface area contributed by atoms with E-state index in [1.165, 1.54) is 38.7 Å². The standard InChI is InChI=1S/C35H38ClN7O4.C31H31ClN6O2/c1-35(2,3)47-34(46)42-17-15-26(25-11-9-24(10-12-25)23-7-5-4-6-8-23)20-31(42)33(45)41-18-16-30(41)32(44)37-21-27-19-28(36)13-14-29(27)43-22-38-39-40-43;32-27-13-14-28(38-20-34-35-36-38)26(18-27)19-33-30(39)29-15-16-37(29)31(40)25-8-4-7-24(17-25)23-11-9-22(10-12-23)21-5-2-1-3-6-21/h4-14,19,22,26,30-31H,15-18,20-21H2,1-3H3,(H,37,44);1-3,5-6,9-14,18,20,24-25,29H,4,7-8,15-17,19H2,(H,33,39)/t26-,30-,31+;24-,25+,29-/m00/s1. The van der Waals surface area contributed by atoms with Crippen LogP contribution in [-0.2, 0) is 37.0 Å². The van der Waals surface area contributed by atoms with Crippen molar-refractivity contribution in [3.63, 3.8) is 0 Å². The number of nitrogens with zero attached hydrogens (tertiary/aromatic N) is 11. The largest absolute Gasteiger partial charge is 0.444 e. The smallest absolute Gasteiger partial charge is 0.410 e. The average molecular weight is 1210 g/mol. The van der Waals surface area contributed by atoms with E-state index in [-0.39, 0.29) is 48.6 Å². The Morgan fingerprint density at radius 2 is 0.977 bits per heavy atom. The van der Waals surface area contributed by atoms with Crippen molar-refractivity contribution in [3.8, 4) is 33.6 Å². The van der Waals surface area contributed by atoms with Gasteiger partial charge in [-0.05, 0) is 179 Å². The molecule has 448 valence electrons. The lowest BCUT2D eigenvalue weighted by atomic mass is 9.76. The Bertz CT molecular complexity index is 3680. The molecule has 1 aliphatic carbocycles. The second kappa shape index (κ2) is 26.8. The van der Waals surface area contributed by atoms with Crippen molar-refractivity contribution in [1.29, 1.82) is 0 Å². The molecule has 87 heavy (non-hydrogen) atoms. The van der Waals surface area contributed by atoms with Crippen LogP contribution in [0.25, 0.3) is 33.6 Å². The van der Waals surface area contributed by atoms with Crippen molar-refractivity contribution in [3.05, 3.63) is 191 Å². The highest BCUT2D eigenvalue weighted by molar-refractivity contribution is 6.31. The van der Waals surface area contributed by atoms with Gasteiger partial charge in [0.15, 0.2) is 0 Å². The number of tetrazole rings is 2. The molecule has 4 fully saturated rings. The molecule has 2 N–H and O–H groups in total. The Hall–Kier alpha value is -8.81. The fourth-order valence-electron chi connectivity index (χ4n) is 12.2. The number of rotatable bonds is 14. The van der Waals surface area contributed by atoms with Gasteiger partial charge in [-0.2, -0.15) is 0 Å². The lowest BCUT2D eigenvalue weighted by Gasteiger charge is -2.46. The van der Waals surface area contributed by atoms with Gasteiger partial charge in [-0.3, -0.25) is 24.1 Å². The van der Waals surface area contributed by atoms with Crippen LogP contribution in [0.5, 0.6) is 0 Å². The molecule has 1 saturated carbocycles. The summed E-state index contributed by atoms with van der Waals surface area (Å²) in [6, 6.07) is 46.5. The number of ether oxygens (including phenoxy) is 1. The number of benzene rings is 6. The monoisotopic (exact) mass is 1210 g/mol. The number of nitrogens with one attached hydrogen (secondary N) is 2. The number of likely N-dealkylation sites (tertiary alicyclic amines) is 3. The van der Waals surface area contributed by atoms with Gasteiger partial charge in [0.05, 0.1) is 11.4 Å². The minimum absolute atomic E-state index is 0.0532. The first kappa shape index (κ1) is 59.9. The van der Waals surface area contributed by atoms with Crippen LogP contribution in [0.1, 0.15) is 106 Å². The number of carbonyl (C=O) groups excluding carboxylic acids is 5. The zero-order valence-electron chi connectivity index (χ0n) is 48.8. The third kappa shape index (κ3) is 14.2. The van der Waals surface area contributed by atoms with Gasteiger partial charge in [-0.1, -0.05) is 139 Å². The zero-order valence-corrected chi connectivity index (χ0v) is 50.3. The first-order valence-corrected chi connectivity index (χ1v) is 30.4.